The first-order valence-corrected chi connectivity index (χ1v) is 9.14. The second-order valence-electron chi connectivity index (χ2n) is 5.56. The molecule has 3 rings (SSSR count). The van der Waals surface area contributed by atoms with Crippen molar-refractivity contribution in [1.29, 1.82) is 0 Å². The number of benzene rings is 1. The van der Waals surface area contributed by atoms with Gasteiger partial charge in [0.1, 0.15) is 5.01 Å². The summed E-state index contributed by atoms with van der Waals surface area (Å²) < 4.78 is 10.4. The quantitative estimate of drug-likeness (QED) is 0.779. The topological polar surface area (TPSA) is 77.5 Å². The molecule has 1 aromatic heterocycles. The zero-order valence-electron chi connectivity index (χ0n) is 13.4. The van der Waals surface area contributed by atoms with E-state index in [-0.39, 0.29) is 24.3 Å². The molecule has 2 heterocycles. The lowest BCUT2D eigenvalue weighted by molar-refractivity contribution is -0.124. The van der Waals surface area contributed by atoms with Crippen LogP contribution >= 0.6 is 22.9 Å². The summed E-state index contributed by atoms with van der Waals surface area (Å²) in [6.45, 7) is 0.829. The highest BCUT2D eigenvalue weighted by Crippen LogP contribution is 2.26. The third kappa shape index (κ3) is 5.01. The second kappa shape index (κ2) is 8.42. The van der Waals surface area contributed by atoms with Gasteiger partial charge in [-0.25, -0.2) is 9.78 Å². The molecule has 1 aromatic carbocycles. The summed E-state index contributed by atoms with van der Waals surface area (Å²) in [7, 11) is 0. The fourth-order valence-corrected chi connectivity index (χ4v) is 3.39. The Morgan fingerprint density at radius 1 is 1.44 bits per heavy atom. The number of carbonyl (C=O) groups excluding carboxylic acids is 2. The van der Waals surface area contributed by atoms with E-state index in [0.29, 0.717) is 16.6 Å². The van der Waals surface area contributed by atoms with E-state index in [4.69, 9.17) is 21.1 Å². The number of nitrogens with zero attached hydrogens (tertiary/aromatic N) is 1. The smallest absolute Gasteiger partial charge is 0.358 e. The number of hydrogen-bond acceptors (Lipinski definition) is 6. The zero-order chi connectivity index (χ0) is 17.6. The summed E-state index contributed by atoms with van der Waals surface area (Å²) in [6, 6.07) is 7.21. The van der Waals surface area contributed by atoms with Gasteiger partial charge in [-0.15, -0.1) is 11.3 Å². The Hall–Kier alpha value is -1.96. The number of thiazole rings is 1. The van der Waals surface area contributed by atoms with Crippen molar-refractivity contribution in [2.24, 2.45) is 0 Å². The van der Waals surface area contributed by atoms with Gasteiger partial charge in [0.15, 0.2) is 12.3 Å². The minimum Gasteiger partial charge on any atom is -0.451 e. The highest BCUT2D eigenvalue weighted by molar-refractivity contribution is 7.13. The van der Waals surface area contributed by atoms with Crippen molar-refractivity contribution in [2.75, 3.05) is 19.8 Å². The monoisotopic (exact) mass is 380 g/mol. The van der Waals surface area contributed by atoms with E-state index in [1.807, 2.05) is 12.1 Å². The highest BCUT2D eigenvalue weighted by Gasteiger charge is 2.18. The third-order valence-electron chi connectivity index (χ3n) is 3.67. The van der Waals surface area contributed by atoms with Crippen molar-refractivity contribution < 1.29 is 19.1 Å². The lowest BCUT2D eigenvalue weighted by atomic mass is 10.2. The number of esters is 1. The van der Waals surface area contributed by atoms with E-state index in [2.05, 4.69) is 10.3 Å². The van der Waals surface area contributed by atoms with Crippen LogP contribution < -0.4 is 5.32 Å². The largest absolute Gasteiger partial charge is 0.451 e. The molecule has 0 saturated carbocycles. The van der Waals surface area contributed by atoms with Crippen LogP contribution in [0.15, 0.2) is 29.6 Å². The van der Waals surface area contributed by atoms with Crippen LogP contribution in [0.4, 0.5) is 0 Å². The van der Waals surface area contributed by atoms with Crippen LogP contribution in [0.2, 0.25) is 5.02 Å². The molecule has 2 aromatic rings. The van der Waals surface area contributed by atoms with Crippen molar-refractivity contribution in [1.82, 2.24) is 10.3 Å². The van der Waals surface area contributed by atoms with Gasteiger partial charge < -0.3 is 14.8 Å². The summed E-state index contributed by atoms with van der Waals surface area (Å²) in [5.74, 6) is -0.981. The molecule has 25 heavy (non-hydrogen) atoms. The number of halogens is 1. The second-order valence-corrected chi connectivity index (χ2v) is 6.86. The van der Waals surface area contributed by atoms with Crippen LogP contribution in [0.25, 0.3) is 10.6 Å². The maximum Gasteiger partial charge on any atom is 0.358 e. The normalized spacial score (nSPS) is 16.6. The van der Waals surface area contributed by atoms with Crippen LogP contribution in [-0.2, 0) is 14.3 Å². The molecule has 1 amide bonds. The van der Waals surface area contributed by atoms with Crippen molar-refractivity contribution in [3.05, 3.63) is 40.4 Å². The summed E-state index contributed by atoms with van der Waals surface area (Å²) in [6.07, 6.45) is 2.00. The first-order chi connectivity index (χ1) is 12.1. The standard InChI is InChI=1S/C17H17ClN2O4S/c18-12-4-1-3-11(7-12)16-20-14(10-25-16)17(22)24-9-15(21)19-8-13-5-2-6-23-13/h1,3-4,7,10,13H,2,5-6,8-9H2,(H,19,21)/t13-/m0/s1. The van der Waals surface area contributed by atoms with Gasteiger partial charge in [0.05, 0.1) is 6.10 Å². The minimum absolute atomic E-state index is 0.0541. The Balaban J connectivity index is 1.49. The van der Waals surface area contributed by atoms with E-state index in [0.717, 1.165) is 25.0 Å². The highest BCUT2D eigenvalue weighted by atomic mass is 35.5. The summed E-state index contributed by atoms with van der Waals surface area (Å²) in [5.41, 5.74) is 0.998. The molecule has 0 spiro atoms. The maximum absolute atomic E-state index is 12.0. The first kappa shape index (κ1) is 17.8. The summed E-state index contributed by atoms with van der Waals surface area (Å²) in [4.78, 5) is 28.0. The summed E-state index contributed by atoms with van der Waals surface area (Å²) >= 11 is 7.27. The number of amides is 1. The van der Waals surface area contributed by atoms with Gasteiger partial charge in [-0.1, -0.05) is 23.7 Å². The fourth-order valence-electron chi connectivity index (χ4n) is 2.41. The van der Waals surface area contributed by atoms with Crippen LogP contribution in [-0.4, -0.2) is 42.7 Å². The average Bonchev–Trinajstić information content (AvgIpc) is 3.29. The minimum atomic E-state index is -0.628. The Bertz CT molecular complexity index is 759. The molecule has 1 fully saturated rings. The van der Waals surface area contributed by atoms with Crippen molar-refractivity contribution >= 4 is 34.8 Å². The predicted molar refractivity (Wildman–Crippen MR) is 94.8 cm³/mol. The zero-order valence-corrected chi connectivity index (χ0v) is 14.9. The maximum atomic E-state index is 12.0. The van der Waals surface area contributed by atoms with Crippen molar-refractivity contribution in [2.45, 2.75) is 18.9 Å². The van der Waals surface area contributed by atoms with E-state index in [9.17, 15) is 9.59 Å². The number of carbonyl (C=O) groups is 2. The van der Waals surface area contributed by atoms with Crippen LogP contribution in [0.3, 0.4) is 0 Å². The van der Waals surface area contributed by atoms with Crippen molar-refractivity contribution in [3.63, 3.8) is 0 Å². The Kier molecular flexibility index (Phi) is 6.01. The average molecular weight is 381 g/mol. The molecule has 0 bridgehead atoms. The lowest BCUT2D eigenvalue weighted by Gasteiger charge is -2.10. The molecular formula is C17H17ClN2O4S. The number of hydrogen-bond donors (Lipinski definition) is 1. The summed E-state index contributed by atoms with van der Waals surface area (Å²) in [5, 5.41) is 5.56. The van der Waals surface area contributed by atoms with E-state index in [1.165, 1.54) is 11.3 Å². The number of ether oxygens (including phenoxy) is 2. The van der Waals surface area contributed by atoms with Gasteiger partial charge in [0.2, 0.25) is 0 Å². The number of aromatic nitrogens is 1. The number of nitrogens with one attached hydrogen (secondary N) is 1. The predicted octanol–water partition coefficient (Wildman–Crippen LogP) is 2.92. The molecule has 1 atom stereocenters. The molecule has 1 saturated heterocycles. The Morgan fingerprint density at radius 2 is 2.32 bits per heavy atom. The SMILES string of the molecule is O=C(COC(=O)c1csc(-c2cccc(Cl)c2)n1)NC[C@@H]1CCCO1. The van der Waals surface area contributed by atoms with Gasteiger partial charge in [-0.05, 0) is 25.0 Å². The van der Waals surface area contributed by atoms with Gasteiger partial charge in [-0.3, -0.25) is 4.79 Å². The Morgan fingerprint density at radius 3 is 3.08 bits per heavy atom. The first-order valence-electron chi connectivity index (χ1n) is 7.89. The van der Waals surface area contributed by atoms with E-state index >= 15 is 0 Å². The molecule has 132 valence electrons. The Labute approximate surface area is 154 Å². The molecule has 0 aliphatic carbocycles. The molecule has 1 aliphatic heterocycles. The van der Waals surface area contributed by atoms with Gasteiger partial charge in [0.25, 0.3) is 5.91 Å². The van der Waals surface area contributed by atoms with Gasteiger partial charge in [0, 0.05) is 29.1 Å². The molecule has 6 nitrogen and oxygen atoms in total. The number of rotatable bonds is 6. The molecule has 1 N–H and O–H groups in total. The molecule has 1 aliphatic rings. The van der Waals surface area contributed by atoms with Crippen LogP contribution in [0, 0.1) is 0 Å². The third-order valence-corrected chi connectivity index (χ3v) is 4.80. The molecule has 0 unspecified atom stereocenters. The fraction of sp³-hybridized carbons (Fsp3) is 0.353. The van der Waals surface area contributed by atoms with Gasteiger partial charge >= 0.3 is 5.97 Å². The van der Waals surface area contributed by atoms with Crippen molar-refractivity contribution in [3.8, 4) is 10.6 Å². The molecule has 0 radical (unpaired) electrons. The molecular weight excluding hydrogens is 364 g/mol. The molecule has 8 heteroatoms. The lowest BCUT2D eigenvalue weighted by Crippen LogP contribution is -2.34. The van der Waals surface area contributed by atoms with Gasteiger partial charge in [-0.2, -0.15) is 0 Å². The van der Waals surface area contributed by atoms with Crippen LogP contribution in [0.5, 0.6) is 0 Å². The van der Waals surface area contributed by atoms with Crippen LogP contribution in [0.1, 0.15) is 23.3 Å². The van der Waals surface area contributed by atoms with E-state index < -0.39 is 5.97 Å². The van der Waals surface area contributed by atoms with E-state index in [1.54, 1.807) is 17.5 Å².